The molecule has 0 saturated carbocycles. The van der Waals surface area contributed by atoms with E-state index in [1.807, 2.05) is 0 Å². The first kappa shape index (κ1) is 15.0. The summed E-state index contributed by atoms with van der Waals surface area (Å²) in [5.41, 5.74) is -0.587. The van der Waals surface area contributed by atoms with Gasteiger partial charge in [-0.05, 0) is 12.0 Å². The van der Waals surface area contributed by atoms with Crippen molar-refractivity contribution in [3.05, 3.63) is 40.2 Å². The molecule has 1 rings (SSSR count). The first-order chi connectivity index (χ1) is 8.31. The van der Waals surface area contributed by atoms with Crippen molar-refractivity contribution in [2.75, 3.05) is 5.88 Å². The first-order valence-corrected chi connectivity index (χ1v) is 5.62. The molecular formula is C12H10ClF5. The molecule has 0 bridgehead atoms. The highest BCUT2D eigenvalue weighted by molar-refractivity contribution is 6.19. The van der Waals surface area contributed by atoms with E-state index >= 15 is 0 Å². The van der Waals surface area contributed by atoms with Crippen LogP contribution < -0.4 is 0 Å². The number of hydrogen-bond acceptors (Lipinski definition) is 0. The summed E-state index contributed by atoms with van der Waals surface area (Å²) in [5, 5.41) is 0. The SMILES string of the molecule is CC(C)C(=Cc1c(F)c(F)c(F)c(F)c1F)CCl. The Balaban J connectivity index is 3.51. The van der Waals surface area contributed by atoms with E-state index in [1.54, 1.807) is 13.8 Å². The van der Waals surface area contributed by atoms with Gasteiger partial charge < -0.3 is 0 Å². The molecule has 100 valence electrons. The molecule has 0 aliphatic carbocycles. The van der Waals surface area contributed by atoms with Gasteiger partial charge in [0.15, 0.2) is 23.3 Å². The van der Waals surface area contributed by atoms with E-state index < -0.39 is 34.6 Å². The minimum absolute atomic E-state index is 0.0584. The molecule has 0 unspecified atom stereocenters. The maximum Gasteiger partial charge on any atom is 0.200 e. The van der Waals surface area contributed by atoms with Crippen LogP contribution in [0.4, 0.5) is 22.0 Å². The van der Waals surface area contributed by atoms with Gasteiger partial charge in [0.1, 0.15) is 0 Å². The first-order valence-electron chi connectivity index (χ1n) is 5.09. The molecule has 0 radical (unpaired) electrons. The summed E-state index contributed by atoms with van der Waals surface area (Å²) in [6.45, 7) is 3.39. The van der Waals surface area contributed by atoms with Crippen molar-refractivity contribution in [3.8, 4) is 0 Å². The van der Waals surface area contributed by atoms with Gasteiger partial charge in [0.05, 0.1) is 5.56 Å². The minimum Gasteiger partial charge on any atom is -0.203 e. The Morgan fingerprint density at radius 2 is 1.33 bits per heavy atom. The lowest BCUT2D eigenvalue weighted by atomic mass is 10.0. The monoisotopic (exact) mass is 284 g/mol. The van der Waals surface area contributed by atoms with Gasteiger partial charge in [-0.1, -0.05) is 19.4 Å². The summed E-state index contributed by atoms with van der Waals surface area (Å²) in [7, 11) is 0. The van der Waals surface area contributed by atoms with Crippen LogP contribution in [0, 0.1) is 35.0 Å². The Morgan fingerprint density at radius 1 is 0.944 bits per heavy atom. The van der Waals surface area contributed by atoms with Gasteiger partial charge in [-0.2, -0.15) is 0 Å². The quantitative estimate of drug-likeness (QED) is 0.328. The molecule has 0 atom stereocenters. The lowest BCUT2D eigenvalue weighted by Gasteiger charge is -2.10. The molecule has 0 nitrogen and oxygen atoms in total. The molecule has 1 aromatic carbocycles. The molecule has 18 heavy (non-hydrogen) atoms. The lowest BCUT2D eigenvalue weighted by molar-refractivity contribution is 0.376. The third kappa shape index (κ3) is 2.66. The maximum absolute atomic E-state index is 13.4. The second-order valence-electron chi connectivity index (χ2n) is 3.99. The average Bonchev–Trinajstić information content (AvgIpc) is 2.34. The van der Waals surface area contributed by atoms with E-state index in [4.69, 9.17) is 11.6 Å². The van der Waals surface area contributed by atoms with Crippen LogP contribution in [0.25, 0.3) is 6.08 Å². The van der Waals surface area contributed by atoms with Crippen molar-refractivity contribution < 1.29 is 22.0 Å². The van der Waals surface area contributed by atoms with Gasteiger partial charge in [0, 0.05) is 5.88 Å². The number of hydrogen-bond donors (Lipinski definition) is 0. The van der Waals surface area contributed by atoms with E-state index in [9.17, 15) is 22.0 Å². The summed E-state index contributed by atoms with van der Waals surface area (Å²) in [5.74, 6) is -10.0. The number of rotatable bonds is 3. The van der Waals surface area contributed by atoms with Gasteiger partial charge in [0.25, 0.3) is 0 Å². The Morgan fingerprint density at radius 3 is 1.67 bits per heavy atom. The van der Waals surface area contributed by atoms with Crippen LogP contribution in [0.15, 0.2) is 5.57 Å². The Bertz CT molecular complexity index is 465. The molecule has 0 N–H and O–H groups in total. The van der Waals surface area contributed by atoms with Crippen LogP contribution in [0.3, 0.4) is 0 Å². The van der Waals surface area contributed by atoms with Gasteiger partial charge >= 0.3 is 0 Å². The van der Waals surface area contributed by atoms with E-state index in [2.05, 4.69) is 0 Å². The fourth-order valence-electron chi connectivity index (χ4n) is 1.29. The minimum atomic E-state index is -2.17. The van der Waals surface area contributed by atoms with Crippen LogP contribution in [-0.4, -0.2) is 5.88 Å². The molecule has 1 aromatic rings. The molecule has 0 saturated heterocycles. The summed E-state index contributed by atoms with van der Waals surface area (Å²) < 4.78 is 65.4. The van der Waals surface area contributed by atoms with Gasteiger partial charge in [0.2, 0.25) is 5.82 Å². The molecule has 0 fully saturated rings. The second-order valence-corrected chi connectivity index (χ2v) is 4.26. The molecule has 0 aliphatic heterocycles. The van der Waals surface area contributed by atoms with Crippen molar-refractivity contribution >= 4 is 17.7 Å². The average molecular weight is 285 g/mol. The van der Waals surface area contributed by atoms with E-state index in [-0.39, 0.29) is 11.8 Å². The van der Waals surface area contributed by atoms with Crippen molar-refractivity contribution in [2.24, 2.45) is 5.92 Å². The van der Waals surface area contributed by atoms with Gasteiger partial charge in [-0.25, -0.2) is 22.0 Å². The highest BCUT2D eigenvalue weighted by atomic mass is 35.5. The van der Waals surface area contributed by atoms with Gasteiger partial charge in [-0.15, -0.1) is 11.6 Å². The zero-order valence-corrected chi connectivity index (χ0v) is 10.4. The van der Waals surface area contributed by atoms with Crippen LogP contribution >= 0.6 is 11.6 Å². The number of benzene rings is 1. The summed E-state index contributed by atoms with van der Waals surface area (Å²) in [6, 6.07) is 0. The third-order valence-corrected chi connectivity index (χ3v) is 2.78. The largest absolute Gasteiger partial charge is 0.203 e. The fraction of sp³-hybridized carbons (Fsp3) is 0.333. The van der Waals surface area contributed by atoms with Crippen molar-refractivity contribution in [2.45, 2.75) is 13.8 Å². The molecule has 0 heterocycles. The number of halogens is 6. The smallest absolute Gasteiger partial charge is 0.200 e. The predicted molar refractivity (Wildman–Crippen MR) is 59.8 cm³/mol. The Kier molecular flexibility index (Phi) is 4.73. The zero-order valence-electron chi connectivity index (χ0n) is 9.63. The fourth-order valence-corrected chi connectivity index (χ4v) is 1.68. The molecular weight excluding hydrogens is 275 g/mol. The molecule has 6 heteroatoms. The van der Waals surface area contributed by atoms with Crippen LogP contribution in [0.2, 0.25) is 0 Å². The maximum atomic E-state index is 13.4. The third-order valence-electron chi connectivity index (χ3n) is 2.47. The van der Waals surface area contributed by atoms with Crippen LogP contribution in [-0.2, 0) is 0 Å². The van der Waals surface area contributed by atoms with E-state index in [1.165, 1.54) is 0 Å². The zero-order chi connectivity index (χ0) is 14.0. The van der Waals surface area contributed by atoms with Crippen molar-refractivity contribution in [1.82, 2.24) is 0 Å². The second kappa shape index (κ2) is 5.69. The molecule has 0 aromatic heterocycles. The summed E-state index contributed by atoms with van der Waals surface area (Å²) >= 11 is 5.55. The van der Waals surface area contributed by atoms with Crippen molar-refractivity contribution in [3.63, 3.8) is 0 Å². The Labute approximate surface area is 106 Å². The number of allylic oxidation sites excluding steroid dienone is 1. The Hall–Kier alpha value is -1.10. The van der Waals surface area contributed by atoms with Crippen molar-refractivity contribution in [1.29, 1.82) is 0 Å². The molecule has 0 aliphatic rings. The predicted octanol–water partition coefficient (Wildman–Crippen LogP) is 4.66. The lowest BCUT2D eigenvalue weighted by Crippen LogP contribution is -2.05. The summed E-state index contributed by atoms with van der Waals surface area (Å²) in [4.78, 5) is 0. The van der Waals surface area contributed by atoms with Crippen LogP contribution in [0.5, 0.6) is 0 Å². The molecule has 0 amide bonds. The highest BCUT2D eigenvalue weighted by Crippen LogP contribution is 2.26. The van der Waals surface area contributed by atoms with E-state index in [0.29, 0.717) is 5.57 Å². The van der Waals surface area contributed by atoms with E-state index in [0.717, 1.165) is 6.08 Å². The van der Waals surface area contributed by atoms with Crippen LogP contribution in [0.1, 0.15) is 19.4 Å². The highest BCUT2D eigenvalue weighted by Gasteiger charge is 2.24. The molecule has 0 spiro atoms. The topological polar surface area (TPSA) is 0 Å². The summed E-state index contributed by atoms with van der Waals surface area (Å²) in [6.07, 6.45) is 0.897. The normalized spacial score (nSPS) is 12.4. The standard InChI is InChI=1S/C12H10ClF5/c1-5(2)6(4-13)3-7-8(14)10(16)12(18)11(17)9(7)15/h3,5H,4H2,1-2H3. The van der Waals surface area contributed by atoms with Gasteiger partial charge in [-0.3, -0.25) is 0 Å². The number of alkyl halides is 1.